The maximum Gasteiger partial charge on any atom is 0.232 e. The van der Waals surface area contributed by atoms with Crippen LogP contribution in [0.25, 0.3) is 22.4 Å². The number of hydrogen-bond acceptors (Lipinski definition) is 6. The van der Waals surface area contributed by atoms with Gasteiger partial charge in [0.15, 0.2) is 5.65 Å². The summed E-state index contributed by atoms with van der Waals surface area (Å²) in [5.74, 6) is -0.0812. The summed E-state index contributed by atoms with van der Waals surface area (Å²) in [6.45, 7) is 0. The van der Waals surface area contributed by atoms with Gasteiger partial charge in [0.25, 0.3) is 0 Å². The molecule has 3 rings (SSSR count). The van der Waals surface area contributed by atoms with Crippen LogP contribution < -0.4 is 4.72 Å². The highest BCUT2D eigenvalue weighted by atomic mass is 32.2. The van der Waals surface area contributed by atoms with E-state index in [1.54, 1.807) is 30.6 Å². The van der Waals surface area contributed by atoms with E-state index in [9.17, 15) is 8.42 Å². The van der Waals surface area contributed by atoms with Crippen LogP contribution in [0.15, 0.2) is 36.9 Å². The Hall–Kier alpha value is -2.99. The number of nitrogens with zero attached hydrogens (tertiary/aromatic N) is 4. The number of rotatable bonds is 6. The Labute approximate surface area is 138 Å². The minimum absolute atomic E-state index is 0.0812. The number of unbranched alkanes of at least 4 members (excludes halogenated alkanes) is 1. The first kappa shape index (κ1) is 15.9. The van der Waals surface area contributed by atoms with Crippen LogP contribution in [0.5, 0.6) is 0 Å². The zero-order chi connectivity index (χ0) is 17.0. The number of nitriles is 1. The summed E-state index contributed by atoms with van der Waals surface area (Å²) in [7, 11) is -3.45. The molecule has 1 aromatic carbocycles. The fourth-order valence-corrected chi connectivity index (χ4v) is 3.37. The summed E-state index contributed by atoms with van der Waals surface area (Å²) < 4.78 is 26.3. The van der Waals surface area contributed by atoms with Crippen molar-refractivity contribution in [2.75, 3.05) is 10.5 Å². The lowest BCUT2D eigenvalue weighted by Crippen LogP contribution is -2.16. The fraction of sp³-hybridized carbons (Fsp3) is 0.200. The molecule has 0 aliphatic heterocycles. The van der Waals surface area contributed by atoms with Crippen LogP contribution in [0.2, 0.25) is 0 Å². The molecule has 2 N–H and O–H groups in total. The van der Waals surface area contributed by atoms with Crippen LogP contribution in [0.1, 0.15) is 12.8 Å². The van der Waals surface area contributed by atoms with E-state index in [4.69, 9.17) is 5.26 Å². The summed E-state index contributed by atoms with van der Waals surface area (Å²) in [5.41, 5.74) is 3.24. The van der Waals surface area contributed by atoms with Gasteiger partial charge in [0.1, 0.15) is 17.5 Å². The summed E-state index contributed by atoms with van der Waals surface area (Å²) >= 11 is 0. The molecule has 0 atom stereocenters. The van der Waals surface area contributed by atoms with E-state index in [-0.39, 0.29) is 12.2 Å². The molecule has 0 saturated carbocycles. The lowest BCUT2D eigenvalue weighted by atomic mass is 10.1. The normalized spacial score (nSPS) is 11.3. The van der Waals surface area contributed by atoms with Crippen LogP contribution in [0, 0.1) is 11.3 Å². The van der Waals surface area contributed by atoms with Crippen molar-refractivity contribution >= 4 is 26.9 Å². The zero-order valence-corrected chi connectivity index (χ0v) is 13.4. The van der Waals surface area contributed by atoms with Crippen molar-refractivity contribution in [1.29, 1.82) is 5.26 Å². The first-order valence-electron chi connectivity index (χ1n) is 7.21. The molecule has 0 unspecified atom stereocenters. The molecule has 0 bridgehead atoms. The molecule has 0 radical (unpaired) electrons. The number of hydrogen-bond donors (Lipinski definition) is 2. The third-order valence-electron chi connectivity index (χ3n) is 3.35. The van der Waals surface area contributed by atoms with Gasteiger partial charge < -0.3 is 4.98 Å². The van der Waals surface area contributed by atoms with E-state index in [0.717, 1.165) is 5.56 Å². The molecule has 0 saturated heterocycles. The Bertz CT molecular complexity index is 989. The first-order chi connectivity index (χ1) is 11.6. The molecule has 0 amide bonds. The Morgan fingerprint density at radius 1 is 1.17 bits per heavy atom. The van der Waals surface area contributed by atoms with E-state index in [1.807, 2.05) is 6.07 Å². The minimum atomic E-state index is -3.45. The molecule has 0 fully saturated rings. The van der Waals surface area contributed by atoms with Gasteiger partial charge in [-0.05, 0) is 18.6 Å². The van der Waals surface area contributed by atoms with Gasteiger partial charge in [0.2, 0.25) is 10.0 Å². The number of anilines is 1. The zero-order valence-electron chi connectivity index (χ0n) is 12.6. The Morgan fingerprint density at radius 3 is 2.71 bits per heavy atom. The van der Waals surface area contributed by atoms with E-state index in [2.05, 4.69) is 24.7 Å². The second kappa shape index (κ2) is 6.64. The van der Waals surface area contributed by atoms with Crippen molar-refractivity contribution in [3.63, 3.8) is 0 Å². The standard InChI is InChI=1S/C15H14N6O2S/c16-7-1-2-8-24(22,23)21-12-5-3-11(4-6-12)13-14-15(19-9-17-13)20-10-18-14/h3-6,9-10,21H,1-2,8H2,(H,17,18,19,20). The molecule has 9 heteroatoms. The van der Waals surface area contributed by atoms with Gasteiger partial charge in [-0.15, -0.1) is 0 Å². The molecule has 8 nitrogen and oxygen atoms in total. The van der Waals surface area contributed by atoms with Crippen molar-refractivity contribution in [1.82, 2.24) is 19.9 Å². The predicted octanol–water partition coefficient (Wildman–Crippen LogP) is 2.07. The van der Waals surface area contributed by atoms with Crippen LogP contribution in [0.4, 0.5) is 5.69 Å². The highest BCUT2D eigenvalue weighted by Crippen LogP contribution is 2.24. The van der Waals surface area contributed by atoms with Crippen molar-refractivity contribution in [2.24, 2.45) is 0 Å². The number of nitrogens with one attached hydrogen (secondary N) is 2. The molecule has 0 aliphatic carbocycles. The summed E-state index contributed by atoms with van der Waals surface area (Å²) in [6.07, 6.45) is 3.52. The monoisotopic (exact) mass is 342 g/mol. The topological polar surface area (TPSA) is 124 Å². The van der Waals surface area contributed by atoms with Crippen molar-refractivity contribution < 1.29 is 8.42 Å². The Balaban J connectivity index is 1.79. The maximum absolute atomic E-state index is 11.9. The Morgan fingerprint density at radius 2 is 1.96 bits per heavy atom. The van der Waals surface area contributed by atoms with Gasteiger partial charge in [-0.3, -0.25) is 4.72 Å². The largest absolute Gasteiger partial charge is 0.329 e. The van der Waals surface area contributed by atoms with Crippen molar-refractivity contribution in [3.8, 4) is 17.3 Å². The van der Waals surface area contributed by atoms with E-state index in [1.165, 1.54) is 6.33 Å². The predicted molar refractivity (Wildman–Crippen MR) is 89.4 cm³/mol. The third kappa shape index (κ3) is 3.49. The quantitative estimate of drug-likeness (QED) is 0.661. The van der Waals surface area contributed by atoms with E-state index in [0.29, 0.717) is 29.0 Å². The number of sulfonamides is 1. The van der Waals surface area contributed by atoms with Gasteiger partial charge in [-0.25, -0.2) is 23.4 Å². The number of benzene rings is 1. The number of imidazole rings is 1. The Kier molecular flexibility index (Phi) is 4.39. The third-order valence-corrected chi connectivity index (χ3v) is 4.72. The van der Waals surface area contributed by atoms with E-state index >= 15 is 0 Å². The van der Waals surface area contributed by atoms with Crippen molar-refractivity contribution in [2.45, 2.75) is 12.8 Å². The van der Waals surface area contributed by atoms with Gasteiger partial charge in [0, 0.05) is 17.7 Å². The SMILES string of the molecule is N#CCCCS(=O)(=O)Nc1ccc(-c2ncnc3[nH]cnc23)cc1. The van der Waals surface area contributed by atoms with Gasteiger partial charge in [-0.2, -0.15) is 5.26 Å². The number of aromatic nitrogens is 4. The maximum atomic E-state index is 11.9. The molecule has 24 heavy (non-hydrogen) atoms. The lowest BCUT2D eigenvalue weighted by molar-refractivity contribution is 0.599. The molecule has 3 aromatic rings. The molecular weight excluding hydrogens is 328 g/mol. The smallest absolute Gasteiger partial charge is 0.232 e. The highest BCUT2D eigenvalue weighted by molar-refractivity contribution is 7.92. The molecule has 0 spiro atoms. The van der Waals surface area contributed by atoms with Gasteiger partial charge in [0.05, 0.1) is 18.1 Å². The van der Waals surface area contributed by atoms with Crippen molar-refractivity contribution in [3.05, 3.63) is 36.9 Å². The molecule has 0 aliphatic rings. The van der Waals surface area contributed by atoms with Gasteiger partial charge >= 0.3 is 0 Å². The summed E-state index contributed by atoms with van der Waals surface area (Å²) in [6, 6.07) is 8.79. The average molecular weight is 342 g/mol. The van der Waals surface area contributed by atoms with Crippen LogP contribution >= 0.6 is 0 Å². The second-order valence-electron chi connectivity index (χ2n) is 5.08. The van der Waals surface area contributed by atoms with Crippen LogP contribution in [-0.4, -0.2) is 34.1 Å². The molecular formula is C15H14N6O2S. The number of aromatic amines is 1. The first-order valence-corrected chi connectivity index (χ1v) is 8.86. The minimum Gasteiger partial charge on any atom is -0.329 e. The van der Waals surface area contributed by atoms with Crippen LogP contribution in [-0.2, 0) is 10.0 Å². The molecule has 2 heterocycles. The summed E-state index contributed by atoms with van der Waals surface area (Å²) in [4.78, 5) is 15.4. The summed E-state index contributed by atoms with van der Waals surface area (Å²) in [5, 5.41) is 8.47. The number of fused-ring (bicyclic) bond motifs is 1. The second-order valence-corrected chi connectivity index (χ2v) is 6.92. The molecule has 122 valence electrons. The highest BCUT2D eigenvalue weighted by Gasteiger charge is 2.11. The van der Waals surface area contributed by atoms with E-state index < -0.39 is 10.0 Å². The van der Waals surface area contributed by atoms with Crippen LogP contribution in [0.3, 0.4) is 0 Å². The average Bonchev–Trinajstić information content (AvgIpc) is 3.04. The fourth-order valence-electron chi connectivity index (χ4n) is 2.24. The number of H-pyrrole nitrogens is 1. The lowest BCUT2D eigenvalue weighted by Gasteiger charge is -2.08. The molecule has 2 aromatic heterocycles. The van der Waals surface area contributed by atoms with Gasteiger partial charge in [-0.1, -0.05) is 12.1 Å².